The Kier molecular flexibility index (Phi) is 4.33. The van der Waals surface area contributed by atoms with Crippen molar-refractivity contribution in [3.8, 4) is 0 Å². The van der Waals surface area contributed by atoms with Gasteiger partial charge in [0.05, 0.1) is 11.7 Å². The van der Waals surface area contributed by atoms with E-state index >= 15 is 0 Å². The van der Waals surface area contributed by atoms with E-state index in [0.717, 1.165) is 36.2 Å². The van der Waals surface area contributed by atoms with Crippen molar-refractivity contribution in [1.82, 2.24) is 9.88 Å². The van der Waals surface area contributed by atoms with Crippen LogP contribution in [0.15, 0.2) is 60.8 Å². The summed E-state index contributed by atoms with van der Waals surface area (Å²) in [5.74, 6) is 0.0782. The topological polar surface area (TPSA) is 33.2 Å². The Morgan fingerprint density at radius 2 is 1.95 bits per heavy atom. The number of pyridine rings is 1. The third-order valence-electron chi connectivity index (χ3n) is 4.13. The lowest BCUT2D eigenvalue weighted by atomic mass is 10.1. The Hall–Kier alpha value is -2.42. The summed E-state index contributed by atoms with van der Waals surface area (Å²) < 4.78 is 0. The van der Waals surface area contributed by atoms with Gasteiger partial charge in [-0.3, -0.25) is 9.78 Å². The van der Waals surface area contributed by atoms with Crippen molar-refractivity contribution in [2.75, 3.05) is 6.54 Å². The van der Waals surface area contributed by atoms with Gasteiger partial charge >= 0.3 is 0 Å². The highest BCUT2D eigenvalue weighted by Crippen LogP contribution is 2.31. The van der Waals surface area contributed by atoms with E-state index in [-0.39, 0.29) is 11.9 Å². The molecule has 0 radical (unpaired) electrons. The highest BCUT2D eigenvalue weighted by atomic mass is 16.2. The fourth-order valence-electron chi connectivity index (χ4n) is 2.96. The molecule has 1 atom stereocenters. The average molecular weight is 292 g/mol. The van der Waals surface area contributed by atoms with Crippen LogP contribution in [-0.2, 0) is 4.79 Å². The molecule has 0 bridgehead atoms. The van der Waals surface area contributed by atoms with Gasteiger partial charge in [0.25, 0.3) is 0 Å². The van der Waals surface area contributed by atoms with Crippen molar-refractivity contribution in [2.24, 2.45) is 0 Å². The monoisotopic (exact) mass is 292 g/mol. The molecule has 1 amide bonds. The predicted octanol–water partition coefficient (Wildman–Crippen LogP) is 3.85. The van der Waals surface area contributed by atoms with Crippen LogP contribution in [0.2, 0.25) is 0 Å². The van der Waals surface area contributed by atoms with E-state index < -0.39 is 0 Å². The number of hydrogen-bond acceptors (Lipinski definition) is 2. The van der Waals surface area contributed by atoms with Gasteiger partial charge in [0.1, 0.15) is 0 Å². The molecule has 1 fully saturated rings. The summed E-state index contributed by atoms with van der Waals surface area (Å²) in [6.45, 7) is 2.79. The van der Waals surface area contributed by atoms with E-state index in [1.807, 2.05) is 60.4 Å². The third kappa shape index (κ3) is 3.08. The molecule has 3 heteroatoms. The minimum Gasteiger partial charge on any atom is -0.331 e. The van der Waals surface area contributed by atoms with E-state index in [1.165, 1.54) is 0 Å². The van der Waals surface area contributed by atoms with Crippen LogP contribution >= 0.6 is 0 Å². The Labute approximate surface area is 131 Å². The number of amides is 1. The molecule has 1 unspecified atom stereocenters. The standard InChI is InChI=1S/C19H20N2O/c1-15(16-8-3-2-4-9-16)14-19(22)21-13-7-11-18(21)17-10-5-6-12-20-17/h2-6,8-10,12,14,18H,7,11,13H2,1H3/b15-14+. The van der Waals surface area contributed by atoms with Gasteiger partial charge in [-0.1, -0.05) is 36.4 Å². The maximum atomic E-state index is 12.6. The lowest BCUT2D eigenvalue weighted by molar-refractivity contribution is -0.126. The van der Waals surface area contributed by atoms with E-state index in [2.05, 4.69) is 4.98 Å². The summed E-state index contributed by atoms with van der Waals surface area (Å²) in [5, 5.41) is 0. The van der Waals surface area contributed by atoms with Gasteiger partial charge in [-0.2, -0.15) is 0 Å². The summed E-state index contributed by atoms with van der Waals surface area (Å²) in [4.78, 5) is 19.0. The molecule has 0 aliphatic carbocycles. The maximum absolute atomic E-state index is 12.6. The van der Waals surface area contributed by atoms with Crippen LogP contribution in [0.25, 0.3) is 5.57 Å². The highest BCUT2D eigenvalue weighted by Gasteiger charge is 2.29. The van der Waals surface area contributed by atoms with E-state index in [1.54, 1.807) is 12.3 Å². The molecular formula is C19H20N2O. The molecule has 0 spiro atoms. The molecule has 1 aromatic heterocycles. The number of carbonyl (C=O) groups is 1. The Morgan fingerprint density at radius 3 is 2.68 bits per heavy atom. The van der Waals surface area contributed by atoms with Gasteiger partial charge < -0.3 is 4.90 Å². The summed E-state index contributed by atoms with van der Waals surface area (Å²) in [6, 6.07) is 16.0. The molecule has 2 heterocycles. The van der Waals surface area contributed by atoms with Crippen molar-refractivity contribution < 1.29 is 4.79 Å². The van der Waals surface area contributed by atoms with E-state index in [9.17, 15) is 4.79 Å². The summed E-state index contributed by atoms with van der Waals surface area (Å²) in [5.41, 5.74) is 3.07. The van der Waals surface area contributed by atoms with Crippen LogP contribution in [0.5, 0.6) is 0 Å². The zero-order valence-electron chi connectivity index (χ0n) is 12.8. The number of nitrogens with zero attached hydrogens (tertiary/aromatic N) is 2. The van der Waals surface area contributed by atoms with Gasteiger partial charge in [-0.15, -0.1) is 0 Å². The first-order chi connectivity index (χ1) is 10.8. The first kappa shape index (κ1) is 14.5. The molecular weight excluding hydrogens is 272 g/mol. The van der Waals surface area contributed by atoms with Crippen LogP contribution in [0, 0.1) is 0 Å². The maximum Gasteiger partial charge on any atom is 0.247 e. The summed E-state index contributed by atoms with van der Waals surface area (Å²) >= 11 is 0. The molecule has 0 N–H and O–H groups in total. The smallest absolute Gasteiger partial charge is 0.247 e. The Morgan fingerprint density at radius 1 is 1.18 bits per heavy atom. The van der Waals surface area contributed by atoms with E-state index in [0.29, 0.717) is 0 Å². The first-order valence-electron chi connectivity index (χ1n) is 7.71. The fourth-order valence-corrected chi connectivity index (χ4v) is 2.96. The molecule has 0 saturated carbocycles. The second-order valence-electron chi connectivity index (χ2n) is 5.64. The summed E-state index contributed by atoms with van der Waals surface area (Å²) in [7, 11) is 0. The van der Waals surface area contributed by atoms with Crippen LogP contribution < -0.4 is 0 Å². The number of rotatable bonds is 3. The van der Waals surface area contributed by atoms with Crippen molar-refractivity contribution in [3.05, 3.63) is 72.1 Å². The zero-order chi connectivity index (χ0) is 15.4. The van der Waals surface area contributed by atoms with Crippen molar-refractivity contribution in [3.63, 3.8) is 0 Å². The number of aromatic nitrogens is 1. The lowest BCUT2D eigenvalue weighted by Gasteiger charge is -2.23. The number of likely N-dealkylation sites (tertiary alicyclic amines) is 1. The largest absolute Gasteiger partial charge is 0.331 e. The SMILES string of the molecule is C/C(=C\C(=O)N1CCCC1c1ccccn1)c1ccccc1. The molecule has 1 aliphatic heterocycles. The van der Waals surface area contributed by atoms with Crippen LogP contribution in [0.1, 0.15) is 37.1 Å². The normalized spacial score (nSPS) is 18.5. The average Bonchev–Trinajstić information content (AvgIpc) is 3.06. The van der Waals surface area contributed by atoms with Crippen molar-refractivity contribution in [2.45, 2.75) is 25.8 Å². The van der Waals surface area contributed by atoms with Gasteiger partial charge in [0.15, 0.2) is 0 Å². The lowest BCUT2D eigenvalue weighted by Crippen LogP contribution is -2.29. The number of carbonyl (C=O) groups excluding carboxylic acids is 1. The highest BCUT2D eigenvalue weighted by molar-refractivity contribution is 5.95. The zero-order valence-corrected chi connectivity index (χ0v) is 12.8. The molecule has 1 saturated heterocycles. The number of benzene rings is 1. The molecule has 2 aromatic rings. The number of hydrogen-bond donors (Lipinski definition) is 0. The minimum atomic E-state index is 0.0782. The first-order valence-corrected chi connectivity index (χ1v) is 7.71. The van der Waals surface area contributed by atoms with Gasteiger partial charge in [0.2, 0.25) is 5.91 Å². The molecule has 3 rings (SSSR count). The molecule has 112 valence electrons. The molecule has 3 nitrogen and oxygen atoms in total. The summed E-state index contributed by atoms with van der Waals surface area (Å²) in [6.07, 6.45) is 5.56. The molecule has 1 aliphatic rings. The second kappa shape index (κ2) is 6.56. The Bertz CT molecular complexity index is 664. The molecule has 22 heavy (non-hydrogen) atoms. The second-order valence-corrected chi connectivity index (χ2v) is 5.64. The van der Waals surface area contributed by atoms with E-state index in [4.69, 9.17) is 0 Å². The van der Waals surface area contributed by atoms with Crippen LogP contribution in [0.4, 0.5) is 0 Å². The predicted molar refractivity (Wildman–Crippen MR) is 88.0 cm³/mol. The number of allylic oxidation sites excluding steroid dienone is 1. The van der Waals surface area contributed by atoms with Crippen molar-refractivity contribution in [1.29, 1.82) is 0 Å². The minimum absolute atomic E-state index is 0.0782. The quantitative estimate of drug-likeness (QED) is 0.805. The van der Waals surface area contributed by atoms with Gasteiger partial charge in [0, 0.05) is 18.8 Å². The Balaban J connectivity index is 1.80. The van der Waals surface area contributed by atoms with Gasteiger partial charge in [-0.05, 0) is 43.0 Å². The molecule has 1 aromatic carbocycles. The van der Waals surface area contributed by atoms with Crippen molar-refractivity contribution >= 4 is 11.5 Å². The van der Waals surface area contributed by atoms with Crippen LogP contribution in [0.3, 0.4) is 0 Å². The van der Waals surface area contributed by atoms with Gasteiger partial charge in [-0.25, -0.2) is 0 Å². The third-order valence-corrected chi connectivity index (χ3v) is 4.13. The van der Waals surface area contributed by atoms with Crippen LogP contribution in [-0.4, -0.2) is 22.3 Å². The fraction of sp³-hybridized carbons (Fsp3) is 0.263.